The minimum Gasteiger partial charge on any atom is -0.508 e. The van der Waals surface area contributed by atoms with E-state index < -0.39 is 5.91 Å². The van der Waals surface area contributed by atoms with Crippen LogP contribution >= 0.6 is 15.9 Å². The number of H-pyrrole nitrogens is 1. The van der Waals surface area contributed by atoms with Crippen molar-refractivity contribution in [2.75, 3.05) is 0 Å². The number of hydrogen-bond acceptors (Lipinski definition) is 4. The summed E-state index contributed by atoms with van der Waals surface area (Å²) in [5.41, 5.74) is 3.58. The fraction of sp³-hybridized carbons (Fsp3) is 0.0769. The Bertz CT molecular complexity index is 679. The summed E-state index contributed by atoms with van der Waals surface area (Å²) < 4.78 is 0.763. The van der Waals surface area contributed by atoms with Crippen molar-refractivity contribution in [3.05, 3.63) is 46.2 Å². The van der Waals surface area contributed by atoms with Gasteiger partial charge in [0.25, 0.3) is 5.91 Å². The van der Waals surface area contributed by atoms with E-state index >= 15 is 0 Å². The van der Waals surface area contributed by atoms with Gasteiger partial charge in [-0.2, -0.15) is 5.10 Å². The standard InChI is InChI=1S/C13H12BrN3O3/c1-7(10-3-2-9(18)5-12(10)19)16-17-13(20)11-4-8(14)6-15-11/h2-6,15,18-19H,1H3,(H,17,20)/b16-7+. The van der Waals surface area contributed by atoms with Gasteiger partial charge in [-0.25, -0.2) is 5.43 Å². The summed E-state index contributed by atoms with van der Waals surface area (Å²) in [5, 5.41) is 22.8. The van der Waals surface area contributed by atoms with E-state index in [1.807, 2.05) is 0 Å². The molecule has 104 valence electrons. The SMILES string of the molecule is C/C(=N\NC(=O)c1cc(Br)c[nH]1)c1ccc(O)cc1O. The molecular formula is C13H12BrN3O3. The van der Waals surface area contributed by atoms with E-state index in [9.17, 15) is 15.0 Å². The van der Waals surface area contributed by atoms with Crippen LogP contribution in [0, 0.1) is 0 Å². The lowest BCUT2D eigenvalue weighted by Crippen LogP contribution is -2.19. The molecule has 20 heavy (non-hydrogen) atoms. The molecule has 2 aromatic rings. The molecule has 0 atom stereocenters. The average Bonchev–Trinajstić information content (AvgIpc) is 2.82. The molecule has 0 fully saturated rings. The third-order valence-corrected chi connectivity index (χ3v) is 3.05. The Morgan fingerprint density at radius 1 is 1.35 bits per heavy atom. The number of phenols is 2. The number of carbonyl (C=O) groups excluding carboxylic acids is 1. The van der Waals surface area contributed by atoms with Crippen LogP contribution in [0.3, 0.4) is 0 Å². The Hall–Kier alpha value is -2.28. The van der Waals surface area contributed by atoms with Crippen LogP contribution in [0.1, 0.15) is 23.0 Å². The number of nitrogens with one attached hydrogen (secondary N) is 2. The Balaban J connectivity index is 2.13. The molecule has 7 heteroatoms. The van der Waals surface area contributed by atoms with Crippen molar-refractivity contribution in [1.82, 2.24) is 10.4 Å². The number of rotatable bonds is 3. The second kappa shape index (κ2) is 5.79. The Kier molecular flexibility index (Phi) is 4.09. The number of carbonyl (C=O) groups is 1. The third kappa shape index (κ3) is 3.18. The first-order chi connectivity index (χ1) is 9.47. The highest BCUT2D eigenvalue weighted by atomic mass is 79.9. The van der Waals surface area contributed by atoms with E-state index in [0.717, 1.165) is 4.47 Å². The van der Waals surface area contributed by atoms with E-state index in [1.165, 1.54) is 18.2 Å². The van der Waals surface area contributed by atoms with Gasteiger partial charge in [-0.05, 0) is 41.1 Å². The minimum absolute atomic E-state index is 0.0423. The largest absolute Gasteiger partial charge is 0.508 e. The predicted molar refractivity (Wildman–Crippen MR) is 77.9 cm³/mol. The van der Waals surface area contributed by atoms with Crippen molar-refractivity contribution in [2.24, 2.45) is 5.10 Å². The summed E-state index contributed by atoms with van der Waals surface area (Å²) in [6, 6.07) is 5.77. The second-order valence-electron chi connectivity index (χ2n) is 4.07. The van der Waals surface area contributed by atoms with E-state index in [0.29, 0.717) is 17.0 Å². The van der Waals surface area contributed by atoms with Crippen molar-refractivity contribution in [1.29, 1.82) is 0 Å². The third-order valence-electron chi connectivity index (χ3n) is 2.59. The maximum Gasteiger partial charge on any atom is 0.287 e. The molecule has 0 aliphatic rings. The fourth-order valence-corrected chi connectivity index (χ4v) is 1.92. The van der Waals surface area contributed by atoms with Gasteiger partial charge in [0.15, 0.2) is 0 Å². The van der Waals surface area contributed by atoms with Crippen molar-refractivity contribution >= 4 is 27.5 Å². The Labute approximate surface area is 123 Å². The zero-order valence-electron chi connectivity index (χ0n) is 10.5. The van der Waals surface area contributed by atoms with Gasteiger partial charge < -0.3 is 15.2 Å². The number of aromatic hydroxyl groups is 2. The zero-order chi connectivity index (χ0) is 14.7. The van der Waals surface area contributed by atoms with Gasteiger partial charge in [-0.15, -0.1) is 0 Å². The molecular weight excluding hydrogens is 326 g/mol. The highest BCUT2D eigenvalue weighted by molar-refractivity contribution is 9.10. The van der Waals surface area contributed by atoms with Gasteiger partial charge in [0, 0.05) is 22.3 Å². The molecule has 0 aliphatic carbocycles. The van der Waals surface area contributed by atoms with Crippen LogP contribution in [0.2, 0.25) is 0 Å². The molecule has 0 unspecified atom stereocenters. The Morgan fingerprint density at radius 3 is 2.70 bits per heavy atom. The van der Waals surface area contributed by atoms with Crippen LogP contribution in [0.4, 0.5) is 0 Å². The van der Waals surface area contributed by atoms with Crippen molar-refractivity contribution in [3.8, 4) is 11.5 Å². The number of benzene rings is 1. The van der Waals surface area contributed by atoms with Gasteiger partial charge in [0.1, 0.15) is 17.2 Å². The molecule has 1 aromatic carbocycles. The Morgan fingerprint density at radius 2 is 2.10 bits per heavy atom. The molecule has 1 heterocycles. The lowest BCUT2D eigenvalue weighted by molar-refractivity contribution is 0.0950. The smallest absolute Gasteiger partial charge is 0.287 e. The first-order valence-corrected chi connectivity index (χ1v) is 6.47. The van der Waals surface area contributed by atoms with Crippen LogP contribution < -0.4 is 5.43 Å². The number of aromatic nitrogens is 1. The van der Waals surface area contributed by atoms with Crippen LogP contribution in [0.25, 0.3) is 0 Å². The minimum atomic E-state index is -0.395. The number of halogens is 1. The maximum absolute atomic E-state index is 11.8. The highest BCUT2D eigenvalue weighted by Gasteiger charge is 2.09. The molecule has 0 saturated heterocycles. The number of hydrogen-bond donors (Lipinski definition) is 4. The zero-order valence-corrected chi connectivity index (χ0v) is 12.1. The topological polar surface area (TPSA) is 97.7 Å². The van der Waals surface area contributed by atoms with Gasteiger partial charge in [0.05, 0.1) is 5.71 Å². The monoisotopic (exact) mass is 337 g/mol. The maximum atomic E-state index is 11.8. The quantitative estimate of drug-likeness (QED) is 0.511. The molecule has 6 nitrogen and oxygen atoms in total. The molecule has 1 aromatic heterocycles. The van der Waals surface area contributed by atoms with Crippen molar-refractivity contribution < 1.29 is 15.0 Å². The van der Waals surface area contributed by atoms with Gasteiger partial charge in [-0.3, -0.25) is 4.79 Å². The number of nitrogens with zero attached hydrogens (tertiary/aromatic N) is 1. The van der Waals surface area contributed by atoms with Crippen LogP contribution in [0.15, 0.2) is 40.0 Å². The number of aromatic amines is 1. The normalized spacial score (nSPS) is 11.4. The lowest BCUT2D eigenvalue weighted by Gasteiger charge is -2.05. The molecule has 0 spiro atoms. The molecule has 0 bridgehead atoms. The molecule has 4 N–H and O–H groups in total. The molecule has 0 aliphatic heterocycles. The van der Waals surface area contributed by atoms with E-state index in [1.54, 1.807) is 19.2 Å². The van der Waals surface area contributed by atoms with Gasteiger partial charge >= 0.3 is 0 Å². The fourth-order valence-electron chi connectivity index (χ4n) is 1.58. The molecule has 0 saturated carbocycles. The summed E-state index contributed by atoms with van der Waals surface area (Å²) >= 11 is 3.23. The molecule has 1 amide bonds. The molecule has 0 radical (unpaired) electrons. The average molecular weight is 338 g/mol. The summed E-state index contributed by atoms with van der Waals surface area (Å²) in [5.74, 6) is -0.546. The number of hydrazone groups is 1. The lowest BCUT2D eigenvalue weighted by atomic mass is 10.1. The summed E-state index contributed by atoms with van der Waals surface area (Å²) in [6.45, 7) is 1.64. The first kappa shape index (κ1) is 14.1. The van der Waals surface area contributed by atoms with Crippen molar-refractivity contribution in [3.63, 3.8) is 0 Å². The van der Waals surface area contributed by atoms with Crippen LogP contribution in [0.5, 0.6) is 11.5 Å². The summed E-state index contributed by atoms with van der Waals surface area (Å²) in [7, 11) is 0. The second-order valence-corrected chi connectivity index (χ2v) is 4.99. The molecule has 2 rings (SSSR count). The number of amides is 1. The summed E-state index contributed by atoms with van der Waals surface area (Å²) in [4.78, 5) is 14.5. The van der Waals surface area contributed by atoms with E-state index in [2.05, 4.69) is 31.4 Å². The highest BCUT2D eigenvalue weighted by Crippen LogP contribution is 2.22. The predicted octanol–water partition coefficient (Wildman–Crippen LogP) is 2.34. The number of phenolic OH excluding ortho intramolecular Hbond substituents is 2. The van der Waals surface area contributed by atoms with Crippen LogP contribution in [-0.2, 0) is 0 Å². The van der Waals surface area contributed by atoms with E-state index in [-0.39, 0.29) is 11.5 Å². The van der Waals surface area contributed by atoms with E-state index in [4.69, 9.17) is 0 Å². The van der Waals surface area contributed by atoms with Crippen LogP contribution in [-0.4, -0.2) is 26.8 Å². The van der Waals surface area contributed by atoms with Gasteiger partial charge in [0.2, 0.25) is 0 Å². The first-order valence-electron chi connectivity index (χ1n) is 5.68. The van der Waals surface area contributed by atoms with Gasteiger partial charge in [-0.1, -0.05) is 0 Å². The summed E-state index contributed by atoms with van der Waals surface area (Å²) in [6.07, 6.45) is 1.64. The van der Waals surface area contributed by atoms with Crippen molar-refractivity contribution in [2.45, 2.75) is 6.92 Å².